The number of amides is 2. The lowest BCUT2D eigenvalue weighted by Gasteiger charge is -2.21. The van der Waals surface area contributed by atoms with Crippen LogP contribution in [0.1, 0.15) is 11.1 Å². The normalized spacial score (nSPS) is 21.5. The lowest BCUT2D eigenvalue weighted by Crippen LogP contribution is -2.39. The Morgan fingerprint density at radius 1 is 0.962 bits per heavy atom. The number of fused-ring (bicyclic) bond motifs is 1. The SMILES string of the molecule is COc1cccc(N2N=N[C@H]3C(=O)N(c4ccc(C)c(C)c4)C(=O)[C@@H]32)c1. The van der Waals surface area contributed by atoms with Crippen LogP contribution in [0.25, 0.3) is 0 Å². The second-order valence-corrected chi connectivity index (χ2v) is 6.42. The summed E-state index contributed by atoms with van der Waals surface area (Å²) >= 11 is 0. The third-order valence-corrected chi connectivity index (χ3v) is 4.85. The van der Waals surface area contributed by atoms with E-state index in [0.717, 1.165) is 11.1 Å². The molecule has 2 aliphatic rings. The molecule has 4 rings (SSSR count). The topological polar surface area (TPSA) is 74.6 Å². The van der Waals surface area contributed by atoms with E-state index >= 15 is 0 Å². The van der Waals surface area contributed by atoms with Gasteiger partial charge < -0.3 is 4.74 Å². The summed E-state index contributed by atoms with van der Waals surface area (Å²) in [7, 11) is 1.57. The van der Waals surface area contributed by atoms with Gasteiger partial charge in [-0.3, -0.25) is 9.59 Å². The number of aryl methyl sites for hydroxylation is 2. The molecule has 2 heterocycles. The fraction of sp³-hybridized carbons (Fsp3) is 0.263. The molecule has 26 heavy (non-hydrogen) atoms. The number of benzene rings is 2. The Labute approximate surface area is 150 Å². The Kier molecular flexibility index (Phi) is 3.72. The monoisotopic (exact) mass is 350 g/mol. The van der Waals surface area contributed by atoms with Crippen molar-refractivity contribution in [2.24, 2.45) is 10.3 Å². The van der Waals surface area contributed by atoms with Gasteiger partial charge >= 0.3 is 0 Å². The average molecular weight is 350 g/mol. The molecule has 7 heteroatoms. The van der Waals surface area contributed by atoms with Gasteiger partial charge in [-0.2, -0.15) is 5.11 Å². The van der Waals surface area contributed by atoms with Crippen LogP contribution in [0.3, 0.4) is 0 Å². The number of hydrogen-bond donors (Lipinski definition) is 0. The van der Waals surface area contributed by atoms with Gasteiger partial charge in [0, 0.05) is 6.07 Å². The first kappa shape index (κ1) is 16.3. The van der Waals surface area contributed by atoms with E-state index in [1.54, 1.807) is 37.4 Å². The highest BCUT2D eigenvalue weighted by Crippen LogP contribution is 2.36. The Bertz CT molecular complexity index is 940. The molecule has 2 aromatic carbocycles. The second-order valence-electron chi connectivity index (χ2n) is 6.42. The number of imide groups is 1. The molecule has 2 atom stereocenters. The van der Waals surface area contributed by atoms with Crippen molar-refractivity contribution in [1.82, 2.24) is 0 Å². The van der Waals surface area contributed by atoms with Gasteiger partial charge in [-0.15, -0.1) is 0 Å². The van der Waals surface area contributed by atoms with Gasteiger partial charge in [-0.05, 0) is 49.2 Å². The minimum absolute atomic E-state index is 0.323. The van der Waals surface area contributed by atoms with Gasteiger partial charge in [0.2, 0.25) is 0 Å². The third kappa shape index (κ3) is 2.35. The lowest BCUT2D eigenvalue weighted by atomic mass is 10.1. The number of carbonyl (C=O) groups is 2. The third-order valence-electron chi connectivity index (χ3n) is 4.85. The first-order valence-corrected chi connectivity index (χ1v) is 8.30. The van der Waals surface area contributed by atoms with Crippen molar-refractivity contribution in [1.29, 1.82) is 0 Å². The number of methoxy groups -OCH3 is 1. The van der Waals surface area contributed by atoms with Gasteiger partial charge in [-0.25, -0.2) is 9.91 Å². The number of carbonyl (C=O) groups excluding carboxylic acids is 2. The molecular formula is C19H18N4O3. The van der Waals surface area contributed by atoms with E-state index in [1.165, 1.54) is 9.91 Å². The number of anilines is 2. The van der Waals surface area contributed by atoms with Crippen LogP contribution in [0.5, 0.6) is 5.75 Å². The van der Waals surface area contributed by atoms with Crippen LogP contribution in [0, 0.1) is 13.8 Å². The van der Waals surface area contributed by atoms with Crippen molar-refractivity contribution in [3.05, 3.63) is 53.6 Å². The van der Waals surface area contributed by atoms with E-state index in [2.05, 4.69) is 10.3 Å². The maximum atomic E-state index is 13.0. The molecule has 0 saturated carbocycles. The largest absolute Gasteiger partial charge is 0.497 e. The molecule has 0 N–H and O–H groups in total. The van der Waals surface area contributed by atoms with Crippen LogP contribution < -0.4 is 14.6 Å². The van der Waals surface area contributed by atoms with Crippen molar-refractivity contribution in [2.45, 2.75) is 25.9 Å². The van der Waals surface area contributed by atoms with Gasteiger partial charge in [-0.1, -0.05) is 17.4 Å². The summed E-state index contributed by atoms with van der Waals surface area (Å²) in [6.07, 6.45) is 0. The molecule has 0 radical (unpaired) electrons. The molecule has 0 spiro atoms. The van der Waals surface area contributed by atoms with Crippen LogP contribution in [-0.4, -0.2) is 31.0 Å². The molecule has 1 fully saturated rings. The molecule has 0 aromatic heterocycles. The van der Waals surface area contributed by atoms with Crippen molar-refractivity contribution in [3.63, 3.8) is 0 Å². The average Bonchev–Trinajstić information content (AvgIpc) is 3.18. The molecule has 2 aromatic rings. The van der Waals surface area contributed by atoms with E-state index in [4.69, 9.17) is 4.74 Å². The summed E-state index contributed by atoms with van der Waals surface area (Å²) in [6.45, 7) is 3.94. The highest BCUT2D eigenvalue weighted by molar-refractivity contribution is 6.26. The van der Waals surface area contributed by atoms with Crippen LogP contribution in [0.15, 0.2) is 52.8 Å². The summed E-state index contributed by atoms with van der Waals surface area (Å²) in [5.74, 6) is -0.0302. The predicted octanol–water partition coefficient (Wildman–Crippen LogP) is 2.81. The van der Waals surface area contributed by atoms with E-state index in [9.17, 15) is 9.59 Å². The fourth-order valence-corrected chi connectivity index (χ4v) is 3.25. The van der Waals surface area contributed by atoms with Gasteiger partial charge in [0.05, 0.1) is 18.5 Å². The lowest BCUT2D eigenvalue weighted by molar-refractivity contribution is -0.121. The Hall–Kier alpha value is -3.22. The Morgan fingerprint density at radius 2 is 1.77 bits per heavy atom. The minimum Gasteiger partial charge on any atom is -0.497 e. The standard InChI is InChI=1S/C19H18N4O3/c1-11-7-8-13(9-12(11)2)22-18(24)16-17(19(22)25)23(21-20-16)14-5-4-6-15(10-14)26-3/h4-10,16-17H,1-3H3/t16-,17-/m1/s1. The quantitative estimate of drug-likeness (QED) is 0.798. The van der Waals surface area contributed by atoms with E-state index in [1.807, 2.05) is 26.0 Å². The van der Waals surface area contributed by atoms with Crippen LogP contribution in [0.2, 0.25) is 0 Å². The molecular weight excluding hydrogens is 332 g/mol. The summed E-state index contributed by atoms with van der Waals surface area (Å²) in [5, 5.41) is 9.61. The molecule has 132 valence electrons. The maximum Gasteiger partial charge on any atom is 0.263 e. The van der Waals surface area contributed by atoms with Crippen LogP contribution >= 0.6 is 0 Å². The van der Waals surface area contributed by atoms with Crippen molar-refractivity contribution >= 4 is 23.2 Å². The van der Waals surface area contributed by atoms with E-state index in [0.29, 0.717) is 17.1 Å². The highest BCUT2D eigenvalue weighted by atomic mass is 16.5. The minimum atomic E-state index is -0.824. The van der Waals surface area contributed by atoms with Gasteiger partial charge in [0.1, 0.15) is 5.75 Å². The molecule has 0 bridgehead atoms. The van der Waals surface area contributed by atoms with Crippen LogP contribution in [0.4, 0.5) is 11.4 Å². The smallest absolute Gasteiger partial charge is 0.263 e. The van der Waals surface area contributed by atoms with Crippen LogP contribution in [-0.2, 0) is 9.59 Å². The molecule has 0 aliphatic carbocycles. The Balaban J connectivity index is 1.70. The maximum absolute atomic E-state index is 13.0. The van der Waals surface area contributed by atoms with Gasteiger partial charge in [0.25, 0.3) is 11.8 Å². The fourth-order valence-electron chi connectivity index (χ4n) is 3.25. The second kappa shape index (κ2) is 5.94. The van der Waals surface area contributed by atoms with E-state index < -0.39 is 12.1 Å². The summed E-state index contributed by atoms with van der Waals surface area (Å²) in [5.41, 5.74) is 3.35. The number of hydrogen-bond acceptors (Lipinski definition) is 6. The molecule has 2 amide bonds. The van der Waals surface area contributed by atoms with Crippen molar-refractivity contribution < 1.29 is 14.3 Å². The first-order chi connectivity index (χ1) is 12.5. The number of ether oxygens (including phenoxy) is 1. The predicted molar refractivity (Wildman–Crippen MR) is 96.3 cm³/mol. The summed E-state index contributed by atoms with van der Waals surface area (Å²) in [4.78, 5) is 27.1. The zero-order chi connectivity index (χ0) is 18.4. The molecule has 0 unspecified atom stereocenters. The molecule has 2 aliphatic heterocycles. The van der Waals surface area contributed by atoms with Gasteiger partial charge in [0.15, 0.2) is 12.1 Å². The number of rotatable bonds is 3. The summed E-state index contributed by atoms with van der Waals surface area (Å²) < 4.78 is 5.23. The summed E-state index contributed by atoms with van der Waals surface area (Å²) in [6, 6.07) is 11.1. The highest BCUT2D eigenvalue weighted by Gasteiger charge is 2.55. The first-order valence-electron chi connectivity index (χ1n) is 8.30. The molecule has 7 nitrogen and oxygen atoms in total. The van der Waals surface area contributed by atoms with Crippen molar-refractivity contribution in [2.75, 3.05) is 17.0 Å². The van der Waals surface area contributed by atoms with Crippen molar-refractivity contribution in [3.8, 4) is 5.75 Å². The Morgan fingerprint density at radius 3 is 2.50 bits per heavy atom. The number of nitrogens with zero attached hydrogens (tertiary/aromatic N) is 4. The zero-order valence-electron chi connectivity index (χ0n) is 14.7. The zero-order valence-corrected chi connectivity index (χ0v) is 14.7. The van der Waals surface area contributed by atoms with E-state index in [-0.39, 0.29) is 11.8 Å². The molecule has 1 saturated heterocycles.